The third-order valence-electron chi connectivity index (χ3n) is 6.28. The normalized spacial score (nSPS) is 12.1. The molecule has 0 unspecified atom stereocenters. The number of anilines is 1. The summed E-state index contributed by atoms with van der Waals surface area (Å²) in [5.41, 5.74) is 5.42. The molecular formula is C28H27N5O2S. The van der Waals surface area contributed by atoms with Crippen LogP contribution in [0.2, 0.25) is 0 Å². The van der Waals surface area contributed by atoms with E-state index in [1.54, 1.807) is 9.36 Å². The summed E-state index contributed by atoms with van der Waals surface area (Å²) in [5, 5.41) is 3.11. The van der Waals surface area contributed by atoms with Crippen molar-refractivity contribution in [2.24, 2.45) is 7.05 Å². The fraction of sp³-hybridized carbons (Fsp3) is 0.179. The number of para-hydroxylation sites is 3. The zero-order chi connectivity index (χ0) is 25.4. The number of carbonyl (C=O) groups excluding carboxylic acids is 1. The van der Waals surface area contributed by atoms with Crippen LogP contribution in [0.3, 0.4) is 0 Å². The SMILES string of the molecule is Cc1ccc(-n2c(S[C@@H](C)C(=O)Nc3c(C)n(C)n(-c4ccccc4)c3=O)nc3ccccc32)cc1. The average Bonchev–Trinajstić information content (AvgIpc) is 3.34. The monoisotopic (exact) mass is 497 g/mol. The molecule has 0 radical (unpaired) electrons. The lowest BCUT2D eigenvalue weighted by atomic mass is 10.2. The van der Waals surface area contributed by atoms with Crippen molar-refractivity contribution in [3.8, 4) is 11.4 Å². The maximum atomic E-state index is 13.3. The molecule has 2 aromatic heterocycles. The number of carbonyl (C=O) groups is 1. The average molecular weight is 498 g/mol. The van der Waals surface area contributed by atoms with Gasteiger partial charge in [-0.3, -0.25) is 18.8 Å². The largest absolute Gasteiger partial charge is 0.319 e. The van der Waals surface area contributed by atoms with Crippen molar-refractivity contribution >= 4 is 34.4 Å². The number of rotatable bonds is 6. The molecule has 8 heteroatoms. The Hall–Kier alpha value is -4.04. The highest BCUT2D eigenvalue weighted by molar-refractivity contribution is 8.00. The van der Waals surface area contributed by atoms with Gasteiger partial charge in [0.2, 0.25) is 5.91 Å². The van der Waals surface area contributed by atoms with Gasteiger partial charge < -0.3 is 5.32 Å². The minimum Gasteiger partial charge on any atom is -0.319 e. The Bertz CT molecular complexity index is 1610. The number of aryl methyl sites for hydroxylation is 1. The van der Waals surface area contributed by atoms with E-state index in [1.807, 2.05) is 75.5 Å². The third-order valence-corrected chi connectivity index (χ3v) is 7.33. The van der Waals surface area contributed by atoms with Crippen LogP contribution < -0.4 is 10.9 Å². The van der Waals surface area contributed by atoms with Gasteiger partial charge in [0.1, 0.15) is 5.69 Å². The minimum absolute atomic E-state index is 0.256. The van der Waals surface area contributed by atoms with Gasteiger partial charge in [-0.1, -0.05) is 59.8 Å². The summed E-state index contributed by atoms with van der Waals surface area (Å²) in [6.45, 7) is 5.70. The van der Waals surface area contributed by atoms with E-state index >= 15 is 0 Å². The van der Waals surface area contributed by atoms with Gasteiger partial charge in [0.15, 0.2) is 5.16 Å². The molecule has 2 heterocycles. The predicted molar refractivity (Wildman–Crippen MR) is 146 cm³/mol. The lowest BCUT2D eigenvalue weighted by molar-refractivity contribution is -0.115. The molecule has 182 valence electrons. The summed E-state index contributed by atoms with van der Waals surface area (Å²) in [4.78, 5) is 31.3. The Morgan fingerprint density at radius 2 is 1.58 bits per heavy atom. The van der Waals surface area contributed by atoms with Gasteiger partial charge in [0, 0.05) is 12.7 Å². The van der Waals surface area contributed by atoms with Crippen LogP contribution in [0.15, 0.2) is 88.8 Å². The molecule has 0 aliphatic rings. The van der Waals surface area contributed by atoms with Crippen LogP contribution in [0, 0.1) is 13.8 Å². The first kappa shape index (κ1) is 23.7. The lowest BCUT2D eigenvalue weighted by Crippen LogP contribution is -2.27. The van der Waals surface area contributed by atoms with Crippen LogP contribution >= 0.6 is 11.8 Å². The zero-order valence-corrected chi connectivity index (χ0v) is 21.4. The Morgan fingerprint density at radius 3 is 2.31 bits per heavy atom. The molecule has 3 aromatic carbocycles. The molecule has 0 spiro atoms. The number of thioether (sulfide) groups is 1. The van der Waals surface area contributed by atoms with Crippen LogP contribution in [0.25, 0.3) is 22.4 Å². The van der Waals surface area contributed by atoms with Gasteiger partial charge in [0.25, 0.3) is 5.56 Å². The summed E-state index contributed by atoms with van der Waals surface area (Å²) in [6, 6.07) is 25.5. The van der Waals surface area contributed by atoms with Crippen molar-refractivity contribution in [3.05, 3.63) is 100 Å². The fourth-order valence-electron chi connectivity index (χ4n) is 4.18. The molecule has 1 atom stereocenters. The number of imidazole rings is 1. The zero-order valence-electron chi connectivity index (χ0n) is 20.6. The highest BCUT2D eigenvalue weighted by Gasteiger charge is 2.24. The van der Waals surface area contributed by atoms with Gasteiger partial charge in [-0.25, -0.2) is 9.67 Å². The van der Waals surface area contributed by atoms with Gasteiger partial charge in [-0.2, -0.15) is 0 Å². The standard InChI is InChI=1S/C28H27N5O2S/c1-18-14-16-21(17-15-18)32-24-13-9-8-12-23(24)29-28(32)36-20(3)26(34)30-25-19(2)31(4)33(27(25)35)22-10-6-5-7-11-22/h5-17,20H,1-4H3,(H,30,34)/t20-/m0/s1. The van der Waals surface area contributed by atoms with E-state index in [0.717, 1.165) is 22.4 Å². The quantitative estimate of drug-likeness (QED) is 0.325. The number of fused-ring (bicyclic) bond motifs is 1. The number of aromatic nitrogens is 4. The molecule has 0 saturated heterocycles. The van der Waals surface area contributed by atoms with E-state index in [9.17, 15) is 9.59 Å². The summed E-state index contributed by atoms with van der Waals surface area (Å²) in [6.07, 6.45) is 0. The summed E-state index contributed by atoms with van der Waals surface area (Å²) < 4.78 is 5.38. The van der Waals surface area contributed by atoms with Crippen molar-refractivity contribution in [2.75, 3.05) is 5.32 Å². The Balaban J connectivity index is 1.45. The highest BCUT2D eigenvalue weighted by Crippen LogP contribution is 2.31. The van der Waals surface area contributed by atoms with E-state index in [0.29, 0.717) is 10.9 Å². The summed E-state index contributed by atoms with van der Waals surface area (Å²) in [7, 11) is 1.81. The van der Waals surface area contributed by atoms with E-state index < -0.39 is 5.25 Å². The van der Waals surface area contributed by atoms with Crippen LogP contribution in [-0.2, 0) is 11.8 Å². The maximum Gasteiger partial charge on any atom is 0.295 e. The third kappa shape index (κ3) is 4.24. The van der Waals surface area contributed by atoms with Gasteiger partial charge in [-0.15, -0.1) is 0 Å². The van der Waals surface area contributed by atoms with Crippen LogP contribution in [0.5, 0.6) is 0 Å². The molecular weight excluding hydrogens is 470 g/mol. The smallest absolute Gasteiger partial charge is 0.295 e. The maximum absolute atomic E-state index is 13.3. The molecule has 7 nitrogen and oxygen atoms in total. The summed E-state index contributed by atoms with van der Waals surface area (Å²) in [5.74, 6) is -0.256. The molecule has 0 aliphatic heterocycles. The number of hydrogen-bond donors (Lipinski definition) is 1. The van der Waals surface area contributed by atoms with Gasteiger partial charge >= 0.3 is 0 Å². The molecule has 0 fully saturated rings. The number of nitrogens with zero attached hydrogens (tertiary/aromatic N) is 4. The van der Waals surface area contributed by atoms with Crippen molar-refractivity contribution < 1.29 is 4.79 Å². The second kappa shape index (κ2) is 9.54. The first-order chi connectivity index (χ1) is 17.3. The van der Waals surface area contributed by atoms with Crippen molar-refractivity contribution in [1.29, 1.82) is 0 Å². The molecule has 5 aromatic rings. The van der Waals surface area contributed by atoms with E-state index in [1.165, 1.54) is 17.3 Å². The number of amides is 1. The van der Waals surface area contributed by atoms with Crippen LogP contribution in [-0.4, -0.2) is 30.1 Å². The number of nitrogens with one attached hydrogen (secondary N) is 1. The van der Waals surface area contributed by atoms with Crippen molar-refractivity contribution in [2.45, 2.75) is 31.2 Å². The van der Waals surface area contributed by atoms with E-state index in [4.69, 9.17) is 4.98 Å². The van der Waals surface area contributed by atoms with Crippen molar-refractivity contribution in [1.82, 2.24) is 18.9 Å². The van der Waals surface area contributed by atoms with Crippen LogP contribution in [0.4, 0.5) is 5.69 Å². The molecule has 0 saturated carbocycles. The highest BCUT2D eigenvalue weighted by atomic mass is 32.2. The molecule has 5 rings (SSSR count). The van der Waals surface area contributed by atoms with Crippen LogP contribution in [0.1, 0.15) is 18.2 Å². The summed E-state index contributed by atoms with van der Waals surface area (Å²) >= 11 is 1.37. The Labute approximate surface area is 213 Å². The minimum atomic E-state index is -0.491. The number of benzene rings is 3. The molecule has 1 amide bonds. The Kier molecular flexibility index (Phi) is 6.28. The molecule has 0 bridgehead atoms. The van der Waals surface area contributed by atoms with E-state index in [-0.39, 0.29) is 17.2 Å². The van der Waals surface area contributed by atoms with Gasteiger partial charge in [0.05, 0.1) is 27.7 Å². The Morgan fingerprint density at radius 1 is 0.917 bits per heavy atom. The first-order valence-corrected chi connectivity index (χ1v) is 12.6. The second-order valence-corrected chi connectivity index (χ2v) is 10.0. The predicted octanol–water partition coefficient (Wildman–Crippen LogP) is 5.25. The van der Waals surface area contributed by atoms with Crippen molar-refractivity contribution in [3.63, 3.8) is 0 Å². The number of hydrogen-bond acceptors (Lipinski definition) is 4. The second-order valence-electron chi connectivity index (χ2n) is 8.74. The molecule has 0 aliphatic carbocycles. The van der Waals surface area contributed by atoms with Gasteiger partial charge in [-0.05, 0) is 57.2 Å². The van der Waals surface area contributed by atoms with E-state index in [2.05, 4.69) is 41.1 Å². The fourth-order valence-corrected chi connectivity index (χ4v) is 5.12. The molecule has 1 N–H and O–H groups in total. The first-order valence-electron chi connectivity index (χ1n) is 11.7. The topological polar surface area (TPSA) is 73.8 Å². The lowest BCUT2D eigenvalue weighted by Gasteiger charge is -2.13. The molecule has 36 heavy (non-hydrogen) atoms.